The average Bonchev–Trinajstić information content (AvgIpc) is 3.11. The molecule has 26 heavy (non-hydrogen) atoms. The minimum Gasteiger partial charge on any atom is -0.458 e. The standard InChI is InChI=1S/C22H19NO3/c1-22(25,20-13-16-8-3-5-12-19(16)26-20)14-23-21(24)18-11-6-9-15-7-2-4-10-17(15)18/h2-13,25H,14H2,1H3,(H,23,24). The SMILES string of the molecule is CC(O)(CNC(=O)c1cccc2ccccc12)c1cc2ccccc2o1. The topological polar surface area (TPSA) is 62.5 Å². The van der Waals surface area contributed by atoms with E-state index in [2.05, 4.69) is 5.32 Å². The van der Waals surface area contributed by atoms with Crippen molar-refractivity contribution in [1.82, 2.24) is 5.32 Å². The Hall–Kier alpha value is -3.11. The molecule has 0 radical (unpaired) electrons. The third-order valence-corrected chi connectivity index (χ3v) is 4.58. The van der Waals surface area contributed by atoms with Gasteiger partial charge in [0.2, 0.25) is 0 Å². The van der Waals surface area contributed by atoms with Crippen LogP contribution in [0.4, 0.5) is 0 Å². The molecule has 0 aliphatic carbocycles. The maximum atomic E-state index is 12.7. The van der Waals surface area contributed by atoms with Crippen molar-refractivity contribution in [2.45, 2.75) is 12.5 Å². The predicted molar refractivity (Wildman–Crippen MR) is 102 cm³/mol. The Kier molecular flexibility index (Phi) is 3.98. The smallest absolute Gasteiger partial charge is 0.252 e. The van der Waals surface area contributed by atoms with Crippen LogP contribution in [0.25, 0.3) is 21.7 Å². The van der Waals surface area contributed by atoms with Gasteiger partial charge in [-0.2, -0.15) is 0 Å². The lowest BCUT2D eigenvalue weighted by Crippen LogP contribution is -2.38. The molecular weight excluding hydrogens is 326 g/mol. The highest BCUT2D eigenvalue weighted by molar-refractivity contribution is 6.07. The van der Waals surface area contributed by atoms with Crippen molar-refractivity contribution in [2.75, 3.05) is 6.54 Å². The summed E-state index contributed by atoms with van der Waals surface area (Å²) in [7, 11) is 0. The van der Waals surface area contributed by atoms with E-state index in [0.29, 0.717) is 16.9 Å². The highest BCUT2D eigenvalue weighted by Crippen LogP contribution is 2.27. The Morgan fingerprint density at radius 3 is 2.50 bits per heavy atom. The van der Waals surface area contributed by atoms with Gasteiger partial charge in [0.05, 0.1) is 6.54 Å². The first-order valence-electron chi connectivity index (χ1n) is 8.52. The Morgan fingerprint density at radius 1 is 1.00 bits per heavy atom. The van der Waals surface area contributed by atoms with E-state index >= 15 is 0 Å². The largest absolute Gasteiger partial charge is 0.458 e. The second-order valence-corrected chi connectivity index (χ2v) is 6.63. The molecule has 4 nitrogen and oxygen atoms in total. The molecule has 0 saturated carbocycles. The molecule has 0 fully saturated rings. The van der Waals surface area contributed by atoms with Crippen molar-refractivity contribution in [1.29, 1.82) is 0 Å². The van der Waals surface area contributed by atoms with Crippen molar-refractivity contribution in [2.24, 2.45) is 0 Å². The molecule has 0 saturated heterocycles. The number of benzene rings is 3. The molecule has 2 N–H and O–H groups in total. The zero-order valence-electron chi connectivity index (χ0n) is 14.4. The molecule has 1 unspecified atom stereocenters. The van der Waals surface area contributed by atoms with Crippen LogP contribution in [0, 0.1) is 0 Å². The second kappa shape index (κ2) is 6.32. The molecule has 130 valence electrons. The number of aliphatic hydroxyl groups is 1. The zero-order chi connectivity index (χ0) is 18.1. The van der Waals surface area contributed by atoms with Gasteiger partial charge >= 0.3 is 0 Å². The van der Waals surface area contributed by atoms with E-state index in [4.69, 9.17) is 4.42 Å². The van der Waals surface area contributed by atoms with Gasteiger partial charge in [-0.25, -0.2) is 0 Å². The maximum absolute atomic E-state index is 12.7. The number of nitrogens with one attached hydrogen (secondary N) is 1. The van der Waals surface area contributed by atoms with Crippen LogP contribution in [0.3, 0.4) is 0 Å². The summed E-state index contributed by atoms with van der Waals surface area (Å²) in [6.07, 6.45) is 0. The van der Waals surface area contributed by atoms with Crippen molar-refractivity contribution < 1.29 is 14.3 Å². The number of hydrogen-bond donors (Lipinski definition) is 2. The highest BCUT2D eigenvalue weighted by atomic mass is 16.4. The number of furan rings is 1. The van der Waals surface area contributed by atoms with Crippen molar-refractivity contribution in [3.05, 3.63) is 84.1 Å². The van der Waals surface area contributed by atoms with Crippen LogP contribution in [-0.2, 0) is 5.60 Å². The van der Waals surface area contributed by atoms with Gasteiger partial charge in [0.25, 0.3) is 5.91 Å². The minimum absolute atomic E-state index is 0.0505. The third kappa shape index (κ3) is 2.95. The van der Waals surface area contributed by atoms with E-state index in [-0.39, 0.29) is 12.5 Å². The van der Waals surface area contributed by atoms with Gasteiger partial charge in [-0.05, 0) is 35.9 Å². The lowest BCUT2D eigenvalue weighted by Gasteiger charge is -2.21. The molecule has 1 atom stereocenters. The highest BCUT2D eigenvalue weighted by Gasteiger charge is 2.28. The number of para-hydroxylation sites is 1. The number of amides is 1. The fourth-order valence-corrected chi connectivity index (χ4v) is 3.11. The Labute approximate surface area is 151 Å². The molecule has 0 bridgehead atoms. The summed E-state index contributed by atoms with van der Waals surface area (Å²) in [5.74, 6) is 0.204. The molecule has 1 aromatic heterocycles. The molecular formula is C22H19NO3. The van der Waals surface area contributed by atoms with Crippen LogP contribution in [-0.4, -0.2) is 17.6 Å². The van der Waals surface area contributed by atoms with E-state index in [1.54, 1.807) is 19.1 Å². The summed E-state index contributed by atoms with van der Waals surface area (Å²) in [5, 5.41) is 16.4. The number of rotatable bonds is 4. The lowest BCUT2D eigenvalue weighted by molar-refractivity contribution is 0.0345. The molecule has 1 amide bonds. The first-order chi connectivity index (χ1) is 12.5. The molecule has 0 aliphatic rings. The number of hydrogen-bond acceptors (Lipinski definition) is 3. The van der Waals surface area contributed by atoms with Gasteiger partial charge in [0.1, 0.15) is 16.9 Å². The summed E-state index contributed by atoms with van der Waals surface area (Å²) >= 11 is 0. The van der Waals surface area contributed by atoms with Gasteiger partial charge in [-0.3, -0.25) is 4.79 Å². The van der Waals surface area contributed by atoms with Crippen LogP contribution in [0.15, 0.2) is 77.2 Å². The maximum Gasteiger partial charge on any atom is 0.252 e. The number of carbonyl (C=O) groups excluding carboxylic acids is 1. The fourth-order valence-electron chi connectivity index (χ4n) is 3.11. The monoisotopic (exact) mass is 345 g/mol. The van der Waals surface area contributed by atoms with Crippen LogP contribution >= 0.6 is 0 Å². The van der Waals surface area contributed by atoms with E-state index in [1.807, 2.05) is 60.7 Å². The molecule has 4 aromatic rings. The summed E-state index contributed by atoms with van der Waals surface area (Å²) in [4.78, 5) is 12.7. The van der Waals surface area contributed by atoms with Gasteiger partial charge in [0, 0.05) is 10.9 Å². The molecule has 4 rings (SSSR count). The third-order valence-electron chi connectivity index (χ3n) is 4.58. The minimum atomic E-state index is -1.31. The molecule has 0 spiro atoms. The van der Waals surface area contributed by atoms with Gasteiger partial charge in [-0.1, -0.05) is 54.6 Å². The average molecular weight is 345 g/mol. The molecule has 3 aromatic carbocycles. The first kappa shape index (κ1) is 16.4. The summed E-state index contributed by atoms with van der Waals surface area (Å²) in [5.41, 5.74) is -0.00845. The van der Waals surface area contributed by atoms with Crippen LogP contribution in [0.2, 0.25) is 0 Å². The molecule has 4 heteroatoms. The van der Waals surface area contributed by atoms with E-state index in [0.717, 1.165) is 16.2 Å². The van der Waals surface area contributed by atoms with E-state index in [9.17, 15) is 9.90 Å². The van der Waals surface area contributed by atoms with Crippen molar-refractivity contribution >= 4 is 27.6 Å². The van der Waals surface area contributed by atoms with Crippen LogP contribution in [0.1, 0.15) is 23.0 Å². The van der Waals surface area contributed by atoms with Crippen LogP contribution in [0.5, 0.6) is 0 Å². The van der Waals surface area contributed by atoms with E-state index < -0.39 is 5.60 Å². The quantitative estimate of drug-likeness (QED) is 0.582. The lowest BCUT2D eigenvalue weighted by atomic mass is 10.0. The predicted octanol–water partition coefficient (Wildman–Crippen LogP) is 4.22. The Bertz CT molecular complexity index is 1060. The van der Waals surface area contributed by atoms with Crippen LogP contribution < -0.4 is 5.32 Å². The Morgan fingerprint density at radius 2 is 1.69 bits per heavy atom. The fraction of sp³-hybridized carbons (Fsp3) is 0.136. The normalized spacial score (nSPS) is 13.6. The molecule has 1 heterocycles. The summed E-state index contributed by atoms with van der Waals surface area (Å²) in [6.45, 7) is 1.68. The van der Waals surface area contributed by atoms with Crippen molar-refractivity contribution in [3.63, 3.8) is 0 Å². The first-order valence-corrected chi connectivity index (χ1v) is 8.52. The van der Waals surface area contributed by atoms with Crippen molar-refractivity contribution in [3.8, 4) is 0 Å². The van der Waals surface area contributed by atoms with E-state index in [1.165, 1.54) is 0 Å². The number of fused-ring (bicyclic) bond motifs is 2. The van der Waals surface area contributed by atoms with Gasteiger partial charge < -0.3 is 14.8 Å². The number of carbonyl (C=O) groups is 1. The zero-order valence-corrected chi connectivity index (χ0v) is 14.4. The summed E-state index contributed by atoms with van der Waals surface area (Å²) in [6, 6.07) is 22.7. The van der Waals surface area contributed by atoms with Gasteiger partial charge in [0.15, 0.2) is 0 Å². The Balaban J connectivity index is 1.56. The van der Waals surface area contributed by atoms with Gasteiger partial charge in [-0.15, -0.1) is 0 Å². The molecule has 0 aliphatic heterocycles. The summed E-state index contributed by atoms with van der Waals surface area (Å²) < 4.78 is 5.74. The second-order valence-electron chi connectivity index (χ2n) is 6.63.